The van der Waals surface area contributed by atoms with Crippen molar-refractivity contribution < 1.29 is 9.13 Å². The fourth-order valence-electron chi connectivity index (χ4n) is 4.28. The van der Waals surface area contributed by atoms with Crippen molar-refractivity contribution in [3.63, 3.8) is 0 Å². The molecule has 1 aliphatic rings. The number of benzene rings is 1. The summed E-state index contributed by atoms with van der Waals surface area (Å²) in [5.74, 6) is -0.595. The molecule has 7 nitrogen and oxygen atoms in total. The molecule has 0 aliphatic heterocycles. The highest BCUT2D eigenvalue weighted by Gasteiger charge is 2.22. The molecule has 0 amide bonds. The summed E-state index contributed by atoms with van der Waals surface area (Å²) < 4.78 is 22.1. The molecule has 0 bridgehead atoms. The van der Waals surface area contributed by atoms with Crippen LogP contribution in [-0.2, 0) is 13.0 Å². The molecule has 0 saturated carbocycles. The third-order valence-electron chi connectivity index (χ3n) is 5.94. The third kappa shape index (κ3) is 3.85. The highest BCUT2D eigenvalue weighted by molar-refractivity contribution is 7.22. The molecule has 1 aliphatic carbocycles. The number of allylic oxidation sites excluding steroid dienone is 1. The Morgan fingerprint density at radius 1 is 1.29 bits per heavy atom. The van der Waals surface area contributed by atoms with Gasteiger partial charge in [0.2, 0.25) is 0 Å². The van der Waals surface area contributed by atoms with Crippen molar-refractivity contribution in [3.8, 4) is 27.9 Å². The predicted molar refractivity (Wildman–Crippen MR) is 134 cm³/mol. The Morgan fingerprint density at radius 2 is 2.11 bits per heavy atom. The zero-order chi connectivity index (χ0) is 24.7. The highest BCUT2D eigenvalue weighted by atomic mass is 35.5. The van der Waals surface area contributed by atoms with Gasteiger partial charge in [-0.1, -0.05) is 23.8 Å². The molecular formula is C25H18ClFN4O3S. The molecule has 0 fully saturated rings. The number of hydrogen-bond acceptors (Lipinski definition) is 6. The summed E-state index contributed by atoms with van der Waals surface area (Å²) in [5, 5.41) is 9.32. The van der Waals surface area contributed by atoms with Crippen LogP contribution in [0.2, 0.25) is 5.02 Å². The fourth-order valence-corrected chi connectivity index (χ4v) is 5.71. The van der Waals surface area contributed by atoms with E-state index in [1.165, 1.54) is 23.9 Å². The van der Waals surface area contributed by atoms with Crippen LogP contribution in [0.15, 0.2) is 46.3 Å². The predicted octanol–water partition coefficient (Wildman–Crippen LogP) is 4.95. The lowest BCUT2D eigenvalue weighted by Gasteiger charge is -2.17. The number of hydrogen-bond donors (Lipinski definition) is 0. The number of nitrogens with zero attached hydrogens (tertiary/aromatic N) is 4. The molecule has 3 heterocycles. The van der Waals surface area contributed by atoms with E-state index in [9.17, 15) is 19.2 Å². The van der Waals surface area contributed by atoms with Crippen LogP contribution >= 0.6 is 22.9 Å². The smallest absolute Gasteiger partial charge is 0.336 e. The van der Waals surface area contributed by atoms with E-state index in [-0.39, 0.29) is 23.7 Å². The molecule has 35 heavy (non-hydrogen) atoms. The maximum absolute atomic E-state index is 14.1. The average Bonchev–Trinajstić information content (AvgIpc) is 3.29. The Bertz CT molecular complexity index is 1680. The Hall–Kier alpha value is -3.74. The zero-order valence-electron chi connectivity index (χ0n) is 18.5. The van der Waals surface area contributed by atoms with Gasteiger partial charge < -0.3 is 4.74 Å². The summed E-state index contributed by atoms with van der Waals surface area (Å²) in [7, 11) is 1.35. The molecule has 0 atom stereocenters. The third-order valence-corrected chi connectivity index (χ3v) is 7.40. The van der Waals surface area contributed by atoms with Crippen molar-refractivity contribution in [2.75, 3.05) is 7.11 Å². The molecule has 10 heteroatoms. The van der Waals surface area contributed by atoms with E-state index in [1.807, 2.05) is 12.2 Å². The number of pyridine rings is 1. The second-order valence-corrected chi connectivity index (χ2v) is 9.40. The standard InChI is InChI=1S/C25H18ClFN4O3S/c1-34-21-9-16(17(26)10-18(21)27)22-11-19-23(35-22)24(32)31(25(33)30(19)8-4-7-28)20-13-29-12-14-5-2-3-6-15(14)20/h2,5,9-13H,3-4,6,8H2,1H3. The number of thiophene rings is 1. The van der Waals surface area contributed by atoms with Crippen LogP contribution in [0.3, 0.4) is 0 Å². The van der Waals surface area contributed by atoms with Gasteiger partial charge in [-0.3, -0.25) is 14.3 Å². The minimum Gasteiger partial charge on any atom is -0.494 e. The number of fused-ring (bicyclic) bond motifs is 2. The molecule has 0 unspecified atom stereocenters. The van der Waals surface area contributed by atoms with Gasteiger partial charge in [-0.15, -0.1) is 11.3 Å². The topological polar surface area (TPSA) is 89.9 Å². The van der Waals surface area contributed by atoms with E-state index in [0.717, 1.165) is 39.5 Å². The van der Waals surface area contributed by atoms with Gasteiger partial charge in [-0.05, 0) is 42.2 Å². The number of halogens is 2. The number of ether oxygens (including phenoxy) is 1. The van der Waals surface area contributed by atoms with Crippen molar-refractivity contribution in [1.29, 1.82) is 5.26 Å². The molecular weight excluding hydrogens is 491 g/mol. The van der Waals surface area contributed by atoms with E-state index in [0.29, 0.717) is 32.8 Å². The second-order valence-electron chi connectivity index (χ2n) is 7.94. The van der Waals surface area contributed by atoms with Crippen molar-refractivity contribution >= 4 is 39.2 Å². The van der Waals surface area contributed by atoms with E-state index in [2.05, 4.69) is 11.1 Å². The van der Waals surface area contributed by atoms with Crippen molar-refractivity contribution in [2.45, 2.75) is 25.8 Å². The van der Waals surface area contributed by atoms with Crippen LogP contribution in [0.4, 0.5) is 4.39 Å². The van der Waals surface area contributed by atoms with Crippen LogP contribution in [0.1, 0.15) is 24.0 Å². The summed E-state index contributed by atoms with van der Waals surface area (Å²) >= 11 is 7.47. The highest BCUT2D eigenvalue weighted by Crippen LogP contribution is 2.39. The SMILES string of the molecule is COc1cc(-c2cc3c(s2)c(=O)n(-c2cncc4c2CCC=C4)c(=O)n3CCC#N)c(Cl)cc1F. The summed E-state index contributed by atoms with van der Waals surface area (Å²) in [6.45, 7) is 0.102. The Balaban J connectivity index is 1.82. The average molecular weight is 509 g/mol. The first-order valence-electron chi connectivity index (χ1n) is 10.8. The molecule has 0 radical (unpaired) electrons. The Kier molecular flexibility index (Phi) is 6.01. The van der Waals surface area contributed by atoms with Crippen LogP contribution in [-0.4, -0.2) is 21.2 Å². The first-order chi connectivity index (χ1) is 16.9. The fraction of sp³-hybridized carbons (Fsp3) is 0.200. The van der Waals surface area contributed by atoms with Gasteiger partial charge in [-0.25, -0.2) is 13.8 Å². The van der Waals surface area contributed by atoms with Gasteiger partial charge in [0, 0.05) is 23.2 Å². The van der Waals surface area contributed by atoms with Crippen LogP contribution in [0.5, 0.6) is 5.75 Å². The normalized spacial score (nSPS) is 12.5. The summed E-state index contributed by atoms with van der Waals surface area (Å²) in [5.41, 5.74) is 2.01. The number of rotatable bonds is 5. The minimum atomic E-state index is -0.606. The van der Waals surface area contributed by atoms with E-state index < -0.39 is 17.1 Å². The van der Waals surface area contributed by atoms with E-state index in [4.69, 9.17) is 16.3 Å². The lowest BCUT2D eigenvalue weighted by molar-refractivity contribution is 0.387. The summed E-state index contributed by atoms with van der Waals surface area (Å²) in [4.78, 5) is 32.1. The van der Waals surface area contributed by atoms with Gasteiger partial charge in [0.1, 0.15) is 4.70 Å². The lowest BCUT2D eigenvalue weighted by atomic mass is 9.98. The molecule has 0 spiro atoms. The minimum absolute atomic E-state index is 0.0104. The van der Waals surface area contributed by atoms with Gasteiger partial charge >= 0.3 is 5.69 Å². The van der Waals surface area contributed by atoms with Gasteiger partial charge in [0.05, 0.1) is 42.0 Å². The van der Waals surface area contributed by atoms with Crippen molar-refractivity contribution in [1.82, 2.24) is 14.1 Å². The maximum atomic E-state index is 14.1. The van der Waals surface area contributed by atoms with Crippen LogP contribution in [0, 0.1) is 17.1 Å². The van der Waals surface area contributed by atoms with Gasteiger partial charge in [0.25, 0.3) is 5.56 Å². The monoisotopic (exact) mass is 508 g/mol. The molecule has 3 aromatic heterocycles. The largest absolute Gasteiger partial charge is 0.494 e. The lowest BCUT2D eigenvalue weighted by Crippen LogP contribution is -2.39. The van der Waals surface area contributed by atoms with Crippen LogP contribution in [0.25, 0.3) is 32.4 Å². The quantitative estimate of drug-likeness (QED) is 0.380. The Labute approximate surface area is 207 Å². The second kappa shape index (κ2) is 9.13. The summed E-state index contributed by atoms with van der Waals surface area (Å²) in [6.07, 6.45) is 8.73. The number of methoxy groups -OCH3 is 1. The van der Waals surface area contributed by atoms with Gasteiger partial charge in [0.15, 0.2) is 11.6 Å². The molecule has 5 rings (SSSR count). The first-order valence-corrected chi connectivity index (χ1v) is 12.0. The number of aryl methyl sites for hydroxylation is 1. The maximum Gasteiger partial charge on any atom is 0.336 e. The first kappa shape index (κ1) is 23.0. The molecule has 1 aromatic carbocycles. The van der Waals surface area contributed by atoms with E-state index in [1.54, 1.807) is 12.3 Å². The van der Waals surface area contributed by atoms with Crippen molar-refractivity contribution in [2.24, 2.45) is 0 Å². The van der Waals surface area contributed by atoms with Gasteiger partial charge in [-0.2, -0.15) is 5.26 Å². The Morgan fingerprint density at radius 3 is 2.89 bits per heavy atom. The molecule has 176 valence electrons. The van der Waals surface area contributed by atoms with Crippen LogP contribution < -0.4 is 16.0 Å². The summed E-state index contributed by atoms with van der Waals surface area (Å²) in [6, 6.07) is 6.34. The van der Waals surface area contributed by atoms with E-state index >= 15 is 0 Å². The number of nitriles is 1. The molecule has 4 aromatic rings. The van der Waals surface area contributed by atoms with Crippen molar-refractivity contribution in [3.05, 3.63) is 79.5 Å². The zero-order valence-corrected chi connectivity index (χ0v) is 20.1. The molecule has 0 saturated heterocycles. The molecule has 0 N–H and O–H groups in total. The number of aromatic nitrogens is 3.